The number of fused-ring (bicyclic) bond motifs is 3. The molecule has 0 aliphatic carbocycles. The molecule has 0 bridgehead atoms. The fourth-order valence-corrected chi connectivity index (χ4v) is 4.90. The van der Waals surface area contributed by atoms with E-state index in [9.17, 15) is 9.59 Å². The van der Waals surface area contributed by atoms with E-state index in [2.05, 4.69) is 42.4 Å². The monoisotopic (exact) mass is 468 g/mol. The van der Waals surface area contributed by atoms with Gasteiger partial charge in [-0.15, -0.1) is 16.8 Å². The Morgan fingerprint density at radius 3 is 2.58 bits per heavy atom. The van der Waals surface area contributed by atoms with Gasteiger partial charge in [-0.1, -0.05) is 50.7 Å². The SMILES string of the molecule is C=CCn1c(=O)c2ccccc2n2c(SCC(=O)N3CCN(CCC(C)(C)C)CC3)nnc12. The number of carbonyl (C=O) groups is 1. The fourth-order valence-electron chi connectivity index (χ4n) is 4.05. The van der Waals surface area contributed by atoms with Crippen LogP contribution in [0.25, 0.3) is 16.7 Å². The zero-order chi connectivity index (χ0) is 23.6. The van der Waals surface area contributed by atoms with E-state index in [0.29, 0.717) is 28.3 Å². The van der Waals surface area contributed by atoms with Crippen molar-refractivity contribution in [2.24, 2.45) is 5.41 Å². The molecule has 0 unspecified atom stereocenters. The third kappa shape index (κ3) is 5.14. The van der Waals surface area contributed by atoms with Gasteiger partial charge in [-0.3, -0.25) is 23.5 Å². The van der Waals surface area contributed by atoms with Crippen LogP contribution in [0, 0.1) is 5.41 Å². The maximum atomic E-state index is 12.9. The second-order valence-electron chi connectivity index (χ2n) is 9.66. The predicted molar refractivity (Wildman–Crippen MR) is 133 cm³/mol. The summed E-state index contributed by atoms with van der Waals surface area (Å²) in [4.78, 5) is 30.2. The molecular weight excluding hydrogens is 436 g/mol. The van der Waals surface area contributed by atoms with Gasteiger partial charge in [0.25, 0.3) is 5.56 Å². The van der Waals surface area contributed by atoms with Gasteiger partial charge in [-0.2, -0.15) is 0 Å². The van der Waals surface area contributed by atoms with Gasteiger partial charge in [0.05, 0.1) is 16.7 Å². The highest BCUT2D eigenvalue weighted by Crippen LogP contribution is 2.23. The minimum absolute atomic E-state index is 0.107. The fraction of sp³-hybridized carbons (Fsp3) is 0.500. The lowest BCUT2D eigenvalue weighted by atomic mass is 9.92. The maximum absolute atomic E-state index is 12.9. The van der Waals surface area contributed by atoms with Crippen molar-refractivity contribution in [1.82, 2.24) is 29.0 Å². The number of amides is 1. The first-order valence-electron chi connectivity index (χ1n) is 11.4. The number of para-hydroxylation sites is 1. The van der Waals surface area contributed by atoms with Gasteiger partial charge in [0.1, 0.15) is 0 Å². The second kappa shape index (κ2) is 9.69. The Labute approximate surface area is 198 Å². The molecule has 1 fully saturated rings. The molecular formula is C24H32N6O2S. The van der Waals surface area contributed by atoms with Crippen molar-refractivity contribution >= 4 is 34.3 Å². The molecule has 1 saturated heterocycles. The van der Waals surface area contributed by atoms with Crippen molar-refractivity contribution in [1.29, 1.82) is 0 Å². The number of carbonyl (C=O) groups excluding carboxylic acids is 1. The molecule has 33 heavy (non-hydrogen) atoms. The molecule has 1 aromatic carbocycles. The summed E-state index contributed by atoms with van der Waals surface area (Å²) < 4.78 is 3.42. The Balaban J connectivity index is 1.47. The summed E-state index contributed by atoms with van der Waals surface area (Å²) >= 11 is 1.36. The largest absolute Gasteiger partial charge is 0.339 e. The van der Waals surface area contributed by atoms with Crippen LogP contribution in [0.3, 0.4) is 0 Å². The molecule has 2 aromatic heterocycles. The minimum atomic E-state index is -0.123. The number of thioether (sulfide) groups is 1. The van der Waals surface area contributed by atoms with E-state index in [-0.39, 0.29) is 17.2 Å². The van der Waals surface area contributed by atoms with Crippen molar-refractivity contribution in [2.75, 3.05) is 38.5 Å². The average Bonchev–Trinajstić information content (AvgIpc) is 3.22. The molecule has 0 atom stereocenters. The Bertz CT molecular complexity index is 1220. The third-order valence-corrected chi connectivity index (χ3v) is 6.93. The molecule has 3 heterocycles. The van der Waals surface area contributed by atoms with Crippen molar-refractivity contribution in [3.05, 3.63) is 47.3 Å². The number of hydrogen-bond donors (Lipinski definition) is 0. The van der Waals surface area contributed by atoms with Gasteiger partial charge in [0.2, 0.25) is 11.7 Å². The van der Waals surface area contributed by atoms with E-state index in [0.717, 1.165) is 44.7 Å². The van der Waals surface area contributed by atoms with Crippen LogP contribution in [0.15, 0.2) is 46.9 Å². The molecule has 4 rings (SSSR count). The van der Waals surface area contributed by atoms with E-state index in [1.165, 1.54) is 11.8 Å². The number of piperazine rings is 1. The third-order valence-electron chi connectivity index (χ3n) is 6.02. The first kappa shape index (κ1) is 23.5. The van der Waals surface area contributed by atoms with Gasteiger partial charge in [0, 0.05) is 32.7 Å². The first-order chi connectivity index (χ1) is 15.8. The second-order valence-corrected chi connectivity index (χ2v) is 10.6. The molecule has 9 heteroatoms. The number of hydrogen-bond acceptors (Lipinski definition) is 6. The lowest BCUT2D eigenvalue weighted by Crippen LogP contribution is -2.49. The van der Waals surface area contributed by atoms with Crippen LogP contribution in [0.5, 0.6) is 0 Å². The first-order valence-corrected chi connectivity index (χ1v) is 12.4. The summed E-state index contributed by atoms with van der Waals surface area (Å²) in [6.45, 7) is 15.3. The van der Waals surface area contributed by atoms with Crippen molar-refractivity contribution in [2.45, 2.75) is 38.9 Å². The molecule has 1 amide bonds. The van der Waals surface area contributed by atoms with Crippen LogP contribution in [-0.2, 0) is 11.3 Å². The number of allylic oxidation sites excluding steroid dienone is 1. The smallest absolute Gasteiger partial charge is 0.263 e. The van der Waals surface area contributed by atoms with Crippen LogP contribution in [0.4, 0.5) is 0 Å². The molecule has 8 nitrogen and oxygen atoms in total. The summed E-state index contributed by atoms with van der Waals surface area (Å²) in [6.07, 6.45) is 2.82. The average molecular weight is 469 g/mol. The predicted octanol–water partition coefficient (Wildman–Crippen LogP) is 2.90. The van der Waals surface area contributed by atoms with Gasteiger partial charge in [0.15, 0.2) is 5.16 Å². The normalized spacial score (nSPS) is 15.4. The molecule has 0 N–H and O–H groups in total. The molecule has 3 aromatic rings. The highest BCUT2D eigenvalue weighted by atomic mass is 32.2. The molecule has 0 radical (unpaired) electrons. The van der Waals surface area contributed by atoms with Crippen molar-refractivity contribution < 1.29 is 4.79 Å². The molecule has 0 spiro atoms. The zero-order valence-corrected chi connectivity index (χ0v) is 20.5. The number of benzene rings is 1. The Kier molecular flexibility index (Phi) is 6.90. The quantitative estimate of drug-likeness (QED) is 0.392. The number of aromatic nitrogens is 4. The van der Waals surface area contributed by atoms with Gasteiger partial charge in [-0.05, 0) is 30.5 Å². The van der Waals surface area contributed by atoms with Gasteiger partial charge < -0.3 is 4.90 Å². The van der Waals surface area contributed by atoms with Crippen LogP contribution >= 0.6 is 11.8 Å². The van der Waals surface area contributed by atoms with Crippen LogP contribution in [0.1, 0.15) is 27.2 Å². The van der Waals surface area contributed by atoms with Gasteiger partial charge >= 0.3 is 0 Å². The topological polar surface area (TPSA) is 75.7 Å². The Morgan fingerprint density at radius 2 is 1.88 bits per heavy atom. The zero-order valence-electron chi connectivity index (χ0n) is 19.7. The van der Waals surface area contributed by atoms with E-state index >= 15 is 0 Å². The summed E-state index contributed by atoms with van der Waals surface area (Å²) in [5.41, 5.74) is 0.943. The maximum Gasteiger partial charge on any atom is 0.263 e. The van der Waals surface area contributed by atoms with Crippen molar-refractivity contribution in [3.63, 3.8) is 0 Å². The summed E-state index contributed by atoms with van der Waals surface area (Å²) in [6, 6.07) is 7.41. The van der Waals surface area contributed by atoms with Crippen LogP contribution in [0.2, 0.25) is 0 Å². The van der Waals surface area contributed by atoms with E-state index in [4.69, 9.17) is 0 Å². The molecule has 1 aliphatic heterocycles. The van der Waals surface area contributed by atoms with Crippen LogP contribution in [-0.4, -0.2) is 73.3 Å². The molecule has 1 aliphatic rings. The summed E-state index contributed by atoms with van der Waals surface area (Å²) in [7, 11) is 0. The number of rotatable bonds is 7. The highest BCUT2D eigenvalue weighted by molar-refractivity contribution is 7.99. The Morgan fingerprint density at radius 1 is 1.15 bits per heavy atom. The minimum Gasteiger partial charge on any atom is -0.339 e. The standard InChI is InChI=1S/C24H32N6O2S/c1-5-11-29-21(32)18-8-6-7-9-19(18)30-22(29)25-26-23(30)33-17-20(31)28-15-13-27(14-16-28)12-10-24(2,3)4/h5-9H,1,10-17H2,2-4H3. The van der Waals surface area contributed by atoms with E-state index in [1.807, 2.05) is 27.5 Å². The molecule has 176 valence electrons. The van der Waals surface area contributed by atoms with E-state index < -0.39 is 0 Å². The number of nitrogens with zero attached hydrogens (tertiary/aromatic N) is 6. The lowest BCUT2D eigenvalue weighted by Gasteiger charge is -2.36. The summed E-state index contributed by atoms with van der Waals surface area (Å²) in [5.74, 6) is 0.856. The van der Waals surface area contributed by atoms with E-state index in [1.54, 1.807) is 16.7 Å². The van der Waals surface area contributed by atoms with Crippen LogP contribution < -0.4 is 5.56 Å². The van der Waals surface area contributed by atoms with Crippen molar-refractivity contribution in [3.8, 4) is 0 Å². The lowest BCUT2D eigenvalue weighted by molar-refractivity contribution is -0.130. The van der Waals surface area contributed by atoms with Gasteiger partial charge in [-0.25, -0.2) is 0 Å². The molecule has 0 saturated carbocycles. The highest BCUT2D eigenvalue weighted by Gasteiger charge is 2.23. The Hall–Kier alpha value is -2.65. The summed E-state index contributed by atoms with van der Waals surface area (Å²) in [5, 5.41) is 9.77.